The molecule has 1 aliphatic carbocycles. The summed E-state index contributed by atoms with van der Waals surface area (Å²) in [6, 6.07) is 6.15. The fourth-order valence-corrected chi connectivity index (χ4v) is 2.37. The van der Waals surface area contributed by atoms with Crippen molar-refractivity contribution in [2.75, 3.05) is 0 Å². The van der Waals surface area contributed by atoms with Gasteiger partial charge in [-0.1, -0.05) is 19.4 Å². The lowest BCUT2D eigenvalue weighted by Crippen LogP contribution is -2.53. The van der Waals surface area contributed by atoms with Gasteiger partial charge < -0.3 is 10.6 Å². The minimum atomic E-state index is -0.758. The van der Waals surface area contributed by atoms with Gasteiger partial charge in [0.2, 0.25) is 5.91 Å². The number of nitrogens with zero attached hydrogens (tertiary/aromatic N) is 2. The van der Waals surface area contributed by atoms with Crippen LogP contribution >= 0.6 is 0 Å². The van der Waals surface area contributed by atoms with Crippen LogP contribution in [-0.2, 0) is 11.3 Å². The second kappa shape index (κ2) is 5.70. The van der Waals surface area contributed by atoms with E-state index >= 15 is 0 Å². The Morgan fingerprint density at radius 1 is 1.53 bits per heavy atom. The lowest BCUT2D eigenvalue weighted by Gasteiger charge is -2.31. The zero-order valence-electron chi connectivity index (χ0n) is 11.8. The maximum absolute atomic E-state index is 12.6. The van der Waals surface area contributed by atoms with Crippen LogP contribution in [0.3, 0.4) is 0 Å². The van der Waals surface area contributed by atoms with Crippen LogP contribution in [0.5, 0.6) is 0 Å². The summed E-state index contributed by atoms with van der Waals surface area (Å²) in [5.41, 5.74) is 6.35. The highest BCUT2D eigenvalue weighted by atomic mass is 16.2. The molecule has 1 saturated carbocycles. The Hall–Kier alpha value is -1.42. The molecule has 104 valence electrons. The minimum Gasteiger partial charge on any atom is -0.332 e. The molecule has 0 aliphatic heterocycles. The molecule has 0 spiro atoms. The second-order valence-electron chi connectivity index (χ2n) is 5.65. The van der Waals surface area contributed by atoms with E-state index in [-0.39, 0.29) is 5.91 Å². The van der Waals surface area contributed by atoms with Crippen molar-refractivity contribution < 1.29 is 4.79 Å². The number of pyridine rings is 1. The number of carbonyl (C=O) groups excluding carboxylic acids is 1. The Bertz CT molecular complexity index is 426. The van der Waals surface area contributed by atoms with Gasteiger partial charge in [0.25, 0.3) is 0 Å². The zero-order chi connectivity index (χ0) is 13.9. The number of rotatable bonds is 6. The number of amides is 1. The van der Waals surface area contributed by atoms with Gasteiger partial charge in [-0.2, -0.15) is 0 Å². The molecule has 4 heteroatoms. The highest BCUT2D eigenvalue weighted by molar-refractivity contribution is 5.86. The van der Waals surface area contributed by atoms with Crippen molar-refractivity contribution in [3.05, 3.63) is 30.1 Å². The number of hydrogen-bond donors (Lipinski definition) is 1. The molecule has 1 atom stereocenters. The molecule has 1 aromatic rings. The van der Waals surface area contributed by atoms with E-state index in [0.29, 0.717) is 12.6 Å². The van der Waals surface area contributed by atoms with E-state index < -0.39 is 5.54 Å². The average Bonchev–Trinajstić information content (AvgIpc) is 3.20. The van der Waals surface area contributed by atoms with Crippen molar-refractivity contribution in [1.29, 1.82) is 0 Å². The van der Waals surface area contributed by atoms with Gasteiger partial charge in [0.05, 0.1) is 17.8 Å². The largest absolute Gasteiger partial charge is 0.332 e. The van der Waals surface area contributed by atoms with Crippen molar-refractivity contribution in [3.8, 4) is 0 Å². The third-order valence-corrected chi connectivity index (χ3v) is 3.56. The van der Waals surface area contributed by atoms with Crippen LogP contribution in [0.15, 0.2) is 24.4 Å². The number of nitrogens with two attached hydrogens (primary N) is 1. The topological polar surface area (TPSA) is 59.2 Å². The van der Waals surface area contributed by atoms with Gasteiger partial charge in [-0.25, -0.2) is 0 Å². The summed E-state index contributed by atoms with van der Waals surface area (Å²) >= 11 is 0. The molecule has 2 N–H and O–H groups in total. The average molecular weight is 261 g/mol. The molecule has 0 aromatic carbocycles. The summed E-state index contributed by atoms with van der Waals surface area (Å²) in [4.78, 5) is 18.8. The maximum atomic E-state index is 12.6. The standard InChI is InChI=1S/C15H23N3O/c1-3-9-15(2,16)14(19)18(13-7-8-13)11-12-6-4-5-10-17-12/h4-6,10,13H,3,7-9,11,16H2,1-2H3. The number of carbonyl (C=O) groups is 1. The molecule has 1 amide bonds. The summed E-state index contributed by atoms with van der Waals surface area (Å²) in [5, 5.41) is 0. The highest BCUT2D eigenvalue weighted by Crippen LogP contribution is 2.30. The van der Waals surface area contributed by atoms with Crippen molar-refractivity contribution in [2.24, 2.45) is 5.73 Å². The number of hydrogen-bond acceptors (Lipinski definition) is 3. The van der Waals surface area contributed by atoms with E-state index in [1.807, 2.05) is 30.0 Å². The minimum absolute atomic E-state index is 0.0579. The lowest BCUT2D eigenvalue weighted by molar-refractivity contribution is -0.138. The van der Waals surface area contributed by atoms with Gasteiger partial charge in [0, 0.05) is 12.2 Å². The van der Waals surface area contributed by atoms with Crippen LogP contribution < -0.4 is 5.73 Å². The van der Waals surface area contributed by atoms with E-state index in [2.05, 4.69) is 11.9 Å². The Kier molecular flexibility index (Phi) is 4.20. The van der Waals surface area contributed by atoms with Gasteiger partial charge in [0.1, 0.15) is 0 Å². The van der Waals surface area contributed by atoms with Crippen LogP contribution in [-0.4, -0.2) is 27.4 Å². The smallest absolute Gasteiger partial charge is 0.242 e. The number of aromatic nitrogens is 1. The molecule has 1 heterocycles. The van der Waals surface area contributed by atoms with Crippen LogP contribution in [0, 0.1) is 0 Å². The third-order valence-electron chi connectivity index (χ3n) is 3.56. The normalized spacial score (nSPS) is 17.8. The van der Waals surface area contributed by atoms with Crippen molar-refractivity contribution in [1.82, 2.24) is 9.88 Å². The van der Waals surface area contributed by atoms with Crippen LogP contribution in [0.25, 0.3) is 0 Å². The van der Waals surface area contributed by atoms with Crippen LogP contribution in [0.2, 0.25) is 0 Å². The van der Waals surface area contributed by atoms with E-state index in [1.54, 1.807) is 6.20 Å². The van der Waals surface area contributed by atoms with Crippen LogP contribution in [0.1, 0.15) is 45.2 Å². The second-order valence-corrected chi connectivity index (χ2v) is 5.65. The molecule has 0 radical (unpaired) electrons. The molecule has 1 aliphatic rings. The molecule has 1 aromatic heterocycles. The molecule has 0 saturated heterocycles. The first-order chi connectivity index (χ1) is 9.04. The summed E-state index contributed by atoms with van der Waals surface area (Å²) in [6.45, 7) is 4.46. The molecule has 0 bridgehead atoms. The predicted octanol–water partition coefficient (Wildman–Crippen LogP) is 2.09. The highest BCUT2D eigenvalue weighted by Gasteiger charge is 2.39. The van der Waals surface area contributed by atoms with E-state index in [4.69, 9.17) is 5.73 Å². The molecule has 2 rings (SSSR count). The van der Waals surface area contributed by atoms with Gasteiger partial charge in [-0.3, -0.25) is 9.78 Å². The first kappa shape index (κ1) is 14.0. The molecule has 4 nitrogen and oxygen atoms in total. The lowest BCUT2D eigenvalue weighted by atomic mass is 9.95. The molecule has 1 unspecified atom stereocenters. The quantitative estimate of drug-likeness (QED) is 0.853. The third kappa shape index (κ3) is 3.53. The Morgan fingerprint density at radius 3 is 2.79 bits per heavy atom. The molecule has 19 heavy (non-hydrogen) atoms. The van der Waals surface area contributed by atoms with Crippen molar-refractivity contribution >= 4 is 5.91 Å². The molecular weight excluding hydrogens is 238 g/mol. The summed E-state index contributed by atoms with van der Waals surface area (Å²) in [7, 11) is 0. The Labute approximate surface area is 115 Å². The monoisotopic (exact) mass is 261 g/mol. The predicted molar refractivity (Wildman–Crippen MR) is 75.3 cm³/mol. The van der Waals surface area contributed by atoms with E-state index in [0.717, 1.165) is 31.4 Å². The SMILES string of the molecule is CCCC(C)(N)C(=O)N(Cc1ccccn1)C1CC1. The first-order valence-electron chi connectivity index (χ1n) is 7.04. The van der Waals surface area contributed by atoms with Gasteiger partial charge in [0.15, 0.2) is 0 Å². The first-order valence-corrected chi connectivity index (χ1v) is 7.04. The maximum Gasteiger partial charge on any atom is 0.242 e. The fourth-order valence-electron chi connectivity index (χ4n) is 2.37. The fraction of sp³-hybridized carbons (Fsp3) is 0.600. The Balaban J connectivity index is 2.10. The summed E-state index contributed by atoms with van der Waals surface area (Å²) in [5.74, 6) is 0.0579. The van der Waals surface area contributed by atoms with E-state index in [9.17, 15) is 4.79 Å². The van der Waals surface area contributed by atoms with Gasteiger partial charge in [-0.05, 0) is 38.3 Å². The van der Waals surface area contributed by atoms with Crippen molar-refractivity contribution in [2.45, 2.75) is 57.7 Å². The summed E-state index contributed by atoms with van der Waals surface area (Å²) in [6.07, 6.45) is 5.57. The van der Waals surface area contributed by atoms with E-state index in [1.165, 1.54) is 0 Å². The van der Waals surface area contributed by atoms with Crippen LogP contribution in [0.4, 0.5) is 0 Å². The Morgan fingerprint density at radius 2 is 2.26 bits per heavy atom. The molecular formula is C15H23N3O. The van der Waals surface area contributed by atoms with Gasteiger partial charge >= 0.3 is 0 Å². The summed E-state index contributed by atoms with van der Waals surface area (Å²) < 4.78 is 0. The van der Waals surface area contributed by atoms with Gasteiger partial charge in [-0.15, -0.1) is 0 Å². The molecule has 1 fully saturated rings. The van der Waals surface area contributed by atoms with Crippen molar-refractivity contribution in [3.63, 3.8) is 0 Å². The zero-order valence-corrected chi connectivity index (χ0v) is 11.8.